The molecule has 0 aromatic carbocycles. The summed E-state index contributed by atoms with van der Waals surface area (Å²) in [5.74, 6) is -0.0122. The van der Waals surface area contributed by atoms with E-state index in [2.05, 4.69) is 19.2 Å². The molecule has 0 bridgehead atoms. The van der Waals surface area contributed by atoms with E-state index in [1.165, 1.54) is 321 Å². The molecule has 0 saturated carbocycles. The van der Waals surface area contributed by atoms with Crippen molar-refractivity contribution >= 4 is 11.9 Å². The van der Waals surface area contributed by atoms with Gasteiger partial charge in [0, 0.05) is 12.8 Å². The Labute approximate surface area is 457 Å². The van der Waals surface area contributed by atoms with Gasteiger partial charge in [0.25, 0.3) is 0 Å². The van der Waals surface area contributed by atoms with E-state index in [0.29, 0.717) is 25.9 Å². The molecule has 0 aliphatic rings. The van der Waals surface area contributed by atoms with Gasteiger partial charge in [-0.15, -0.1) is 0 Å². The van der Waals surface area contributed by atoms with E-state index in [-0.39, 0.29) is 18.5 Å². The number of rotatable bonds is 64. The number of carbonyl (C=O) groups is 2. The lowest BCUT2D eigenvalue weighted by Gasteiger charge is -2.22. The second kappa shape index (κ2) is 63.4. The predicted octanol–water partition coefficient (Wildman–Crippen LogP) is 21.4. The van der Waals surface area contributed by atoms with Crippen molar-refractivity contribution in [2.24, 2.45) is 0 Å². The molecule has 0 aliphatic heterocycles. The van der Waals surface area contributed by atoms with Gasteiger partial charge >= 0.3 is 5.97 Å². The highest BCUT2D eigenvalue weighted by Crippen LogP contribution is 2.19. The van der Waals surface area contributed by atoms with Gasteiger partial charge in [0.05, 0.1) is 25.4 Å². The fourth-order valence-electron chi connectivity index (χ4n) is 11.0. The van der Waals surface area contributed by atoms with Crippen LogP contribution in [0.2, 0.25) is 0 Å². The lowest BCUT2D eigenvalue weighted by Crippen LogP contribution is -2.45. The van der Waals surface area contributed by atoms with Gasteiger partial charge in [-0.05, 0) is 25.7 Å². The first kappa shape index (κ1) is 71.9. The average Bonchev–Trinajstić information content (AvgIpc) is 3.39. The maximum Gasteiger partial charge on any atom is 0.305 e. The summed E-state index contributed by atoms with van der Waals surface area (Å²) in [4.78, 5) is 24.6. The summed E-state index contributed by atoms with van der Waals surface area (Å²) in [7, 11) is 0. The molecular formula is C67H133NO5. The maximum absolute atomic E-state index is 12.5. The molecule has 0 rings (SSSR count). The summed E-state index contributed by atoms with van der Waals surface area (Å²) >= 11 is 0. The summed E-state index contributed by atoms with van der Waals surface area (Å²) in [5.41, 5.74) is 0. The quantitative estimate of drug-likeness (QED) is 0.0417. The van der Waals surface area contributed by atoms with Crippen LogP contribution in [-0.2, 0) is 14.3 Å². The van der Waals surface area contributed by atoms with Crippen LogP contribution in [0.25, 0.3) is 0 Å². The Morgan fingerprint density at radius 1 is 0.329 bits per heavy atom. The van der Waals surface area contributed by atoms with Gasteiger partial charge in [-0.1, -0.05) is 354 Å². The zero-order valence-corrected chi connectivity index (χ0v) is 49.9. The van der Waals surface area contributed by atoms with Crippen LogP contribution in [-0.4, -0.2) is 47.4 Å². The number of aliphatic hydroxyl groups excluding tert-OH is 2. The van der Waals surface area contributed by atoms with Gasteiger partial charge in [-0.25, -0.2) is 0 Å². The fraction of sp³-hybridized carbons (Fsp3) is 0.970. The average molecular weight is 1030 g/mol. The van der Waals surface area contributed by atoms with Crippen LogP contribution in [0.3, 0.4) is 0 Å². The Kier molecular flexibility index (Phi) is 62.4. The van der Waals surface area contributed by atoms with E-state index in [1.54, 1.807) is 0 Å². The van der Waals surface area contributed by atoms with Crippen molar-refractivity contribution in [2.45, 2.75) is 405 Å². The topological polar surface area (TPSA) is 95.9 Å². The van der Waals surface area contributed by atoms with Crippen molar-refractivity contribution in [1.29, 1.82) is 0 Å². The van der Waals surface area contributed by atoms with E-state index in [9.17, 15) is 19.8 Å². The van der Waals surface area contributed by atoms with Crippen molar-refractivity contribution < 1.29 is 24.5 Å². The van der Waals surface area contributed by atoms with Crippen molar-refractivity contribution in [2.75, 3.05) is 13.2 Å². The molecule has 3 N–H and O–H groups in total. The Hall–Kier alpha value is -1.14. The van der Waals surface area contributed by atoms with Crippen molar-refractivity contribution in [1.82, 2.24) is 5.32 Å². The molecule has 0 fully saturated rings. The number of aliphatic hydroxyl groups is 2. The smallest absolute Gasteiger partial charge is 0.305 e. The molecule has 1 amide bonds. The van der Waals surface area contributed by atoms with E-state index in [4.69, 9.17) is 4.74 Å². The van der Waals surface area contributed by atoms with Crippen molar-refractivity contribution in [3.8, 4) is 0 Å². The normalized spacial score (nSPS) is 12.4. The zero-order valence-electron chi connectivity index (χ0n) is 49.9. The third kappa shape index (κ3) is 60.0. The first-order valence-electron chi connectivity index (χ1n) is 33.8. The highest BCUT2D eigenvalue weighted by atomic mass is 16.5. The maximum atomic E-state index is 12.5. The third-order valence-corrected chi connectivity index (χ3v) is 16.2. The number of hydrogen-bond acceptors (Lipinski definition) is 5. The molecule has 0 radical (unpaired) electrons. The van der Waals surface area contributed by atoms with Crippen LogP contribution in [0.15, 0.2) is 0 Å². The summed E-state index contributed by atoms with van der Waals surface area (Å²) in [6.45, 7) is 5.00. The minimum absolute atomic E-state index is 0.0186. The number of amides is 1. The highest BCUT2D eigenvalue weighted by Gasteiger charge is 2.20. The van der Waals surface area contributed by atoms with Gasteiger partial charge in [0.2, 0.25) is 5.91 Å². The summed E-state index contributed by atoms with van der Waals surface area (Å²) in [5, 5.41) is 23.4. The van der Waals surface area contributed by atoms with Crippen LogP contribution < -0.4 is 5.32 Å². The number of ether oxygens (including phenoxy) is 1. The Morgan fingerprint density at radius 3 is 0.836 bits per heavy atom. The molecule has 436 valence electrons. The molecule has 6 heteroatoms. The largest absolute Gasteiger partial charge is 0.466 e. The molecule has 73 heavy (non-hydrogen) atoms. The standard InChI is InChI=1S/C67H133NO5/c1-3-5-7-9-11-13-15-17-19-27-31-35-39-43-47-51-55-59-65(70)64(63-69)68-66(71)60-56-52-48-44-40-36-32-29-25-23-21-22-24-26-30-34-38-42-46-50-54-58-62-73-67(72)61-57-53-49-45-41-37-33-28-20-18-16-14-12-10-8-6-4-2/h64-65,69-70H,3-63H2,1-2H3,(H,68,71). The van der Waals surface area contributed by atoms with E-state index < -0.39 is 12.1 Å². The van der Waals surface area contributed by atoms with Gasteiger partial charge in [-0.3, -0.25) is 9.59 Å². The predicted molar refractivity (Wildman–Crippen MR) is 320 cm³/mol. The molecule has 0 aromatic heterocycles. The zero-order chi connectivity index (χ0) is 52.9. The van der Waals surface area contributed by atoms with Gasteiger partial charge < -0.3 is 20.3 Å². The van der Waals surface area contributed by atoms with E-state index in [1.807, 2.05) is 0 Å². The van der Waals surface area contributed by atoms with Crippen molar-refractivity contribution in [3.63, 3.8) is 0 Å². The molecule has 2 atom stereocenters. The van der Waals surface area contributed by atoms with Crippen LogP contribution in [0, 0.1) is 0 Å². The molecule has 0 heterocycles. The summed E-state index contributed by atoms with van der Waals surface area (Å²) < 4.78 is 5.50. The minimum atomic E-state index is -0.663. The van der Waals surface area contributed by atoms with E-state index >= 15 is 0 Å². The van der Waals surface area contributed by atoms with E-state index in [0.717, 1.165) is 38.5 Å². The number of unbranched alkanes of at least 4 members (excludes halogenated alkanes) is 53. The minimum Gasteiger partial charge on any atom is -0.466 e. The molecular weight excluding hydrogens is 899 g/mol. The number of nitrogens with one attached hydrogen (secondary N) is 1. The molecule has 0 saturated heterocycles. The first-order valence-corrected chi connectivity index (χ1v) is 33.8. The fourth-order valence-corrected chi connectivity index (χ4v) is 11.0. The van der Waals surface area contributed by atoms with Crippen molar-refractivity contribution in [3.05, 3.63) is 0 Å². The van der Waals surface area contributed by atoms with Gasteiger partial charge in [0.15, 0.2) is 0 Å². The summed E-state index contributed by atoms with van der Waals surface area (Å²) in [6, 6.07) is -0.541. The highest BCUT2D eigenvalue weighted by molar-refractivity contribution is 5.76. The third-order valence-electron chi connectivity index (χ3n) is 16.2. The molecule has 2 unspecified atom stereocenters. The van der Waals surface area contributed by atoms with Gasteiger partial charge in [-0.2, -0.15) is 0 Å². The second-order valence-electron chi connectivity index (χ2n) is 23.5. The van der Waals surface area contributed by atoms with Crippen LogP contribution in [0.4, 0.5) is 0 Å². The number of hydrogen-bond donors (Lipinski definition) is 3. The lowest BCUT2D eigenvalue weighted by molar-refractivity contribution is -0.143. The first-order chi connectivity index (χ1) is 36.0. The van der Waals surface area contributed by atoms with Crippen LogP contribution >= 0.6 is 0 Å². The lowest BCUT2D eigenvalue weighted by atomic mass is 10.0. The molecule has 0 spiro atoms. The van der Waals surface area contributed by atoms with Crippen LogP contribution in [0.1, 0.15) is 393 Å². The number of carbonyl (C=O) groups excluding carboxylic acids is 2. The van der Waals surface area contributed by atoms with Crippen LogP contribution in [0.5, 0.6) is 0 Å². The Bertz CT molecular complexity index is 1050. The Balaban J connectivity index is 3.35. The summed E-state index contributed by atoms with van der Waals surface area (Å²) in [6.07, 6.45) is 75.6. The molecule has 0 aliphatic carbocycles. The number of esters is 1. The monoisotopic (exact) mass is 1030 g/mol. The SMILES string of the molecule is CCCCCCCCCCCCCCCCCCCC(=O)OCCCCCCCCCCCCCCCCCCCCCCCCC(=O)NC(CO)C(O)CCCCCCCCCCCCCCCCCCC. The molecule has 6 nitrogen and oxygen atoms in total. The Morgan fingerprint density at radius 2 is 0.562 bits per heavy atom. The second-order valence-corrected chi connectivity index (χ2v) is 23.5. The van der Waals surface area contributed by atoms with Gasteiger partial charge in [0.1, 0.15) is 0 Å². The molecule has 0 aromatic rings.